The Balaban J connectivity index is 1.72. The number of aromatic nitrogens is 1. The smallest absolute Gasteiger partial charge is 0.315 e. The van der Waals surface area contributed by atoms with E-state index in [9.17, 15) is 9.59 Å². The number of carbonyl (C=O) groups is 1. The van der Waals surface area contributed by atoms with Crippen molar-refractivity contribution in [1.29, 1.82) is 0 Å². The largest absolute Gasteiger partial charge is 0.495 e. The Morgan fingerprint density at radius 2 is 2.17 bits per heavy atom. The van der Waals surface area contributed by atoms with Gasteiger partial charge < -0.3 is 20.4 Å². The van der Waals surface area contributed by atoms with Crippen molar-refractivity contribution in [3.05, 3.63) is 39.1 Å². The van der Waals surface area contributed by atoms with Crippen LogP contribution in [0, 0.1) is 0 Å². The maximum absolute atomic E-state index is 12.1. The van der Waals surface area contributed by atoms with Crippen LogP contribution in [0.3, 0.4) is 0 Å². The molecule has 3 rings (SSSR count). The molecule has 0 aliphatic heterocycles. The number of rotatable bonds is 5. The number of aromatic amines is 1. The summed E-state index contributed by atoms with van der Waals surface area (Å²) in [6.07, 6.45) is 2.54. The van der Waals surface area contributed by atoms with E-state index in [-0.39, 0.29) is 11.6 Å². The number of nitrogens with one attached hydrogen (secondary N) is 3. The lowest BCUT2D eigenvalue weighted by Gasteiger charge is -2.08. The summed E-state index contributed by atoms with van der Waals surface area (Å²) in [6.45, 7) is 0.401. The number of amides is 2. The lowest BCUT2D eigenvalue weighted by atomic mass is 10.1. The van der Waals surface area contributed by atoms with Crippen LogP contribution < -0.4 is 20.9 Å². The first-order valence-electron chi connectivity index (χ1n) is 7.50. The lowest BCUT2D eigenvalue weighted by Crippen LogP contribution is -2.38. The molecule has 1 aliphatic rings. The maximum Gasteiger partial charge on any atom is 0.315 e. The van der Waals surface area contributed by atoms with Crippen molar-refractivity contribution in [1.82, 2.24) is 15.6 Å². The topological polar surface area (TPSA) is 83.2 Å². The zero-order valence-electron chi connectivity index (χ0n) is 12.7. The number of carbonyl (C=O) groups excluding carboxylic acids is 1. The van der Waals surface area contributed by atoms with Gasteiger partial charge in [-0.05, 0) is 37.5 Å². The van der Waals surface area contributed by atoms with Crippen LogP contribution in [0.25, 0.3) is 10.9 Å². The van der Waals surface area contributed by atoms with Crippen molar-refractivity contribution in [2.75, 3.05) is 13.7 Å². The number of halogens is 1. The monoisotopic (exact) mass is 335 g/mol. The number of hydrogen-bond donors (Lipinski definition) is 3. The molecule has 0 atom stereocenters. The molecular formula is C16H18ClN3O3. The predicted octanol–water partition coefficient (Wildman–Crippen LogP) is 2.19. The number of benzene rings is 1. The third-order valence-corrected chi connectivity index (χ3v) is 4.08. The molecule has 1 fully saturated rings. The molecule has 0 saturated heterocycles. The summed E-state index contributed by atoms with van der Waals surface area (Å²) in [7, 11) is 1.54. The standard InChI is InChI=1S/C16H18ClN3O3/c1-23-14-7-10-6-9(15(21)20-13(10)8-12(14)17)4-5-18-16(22)19-11-2-3-11/h6-8,11H,2-5H2,1H3,(H,20,21)(H2,18,19,22). The van der Waals surface area contributed by atoms with Gasteiger partial charge in [-0.2, -0.15) is 0 Å². The minimum atomic E-state index is -0.182. The molecule has 1 aromatic heterocycles. The SMILES string of the molecule is COc1cc2cc(CCNC(=O)NC3CC3)c(=O)[nH]c2cc1Cl. The zero-order valence-corrected chi connectivity index (χ0v) is 13.5. The maximum atomic E-state index is 12.1. The number of methoxy groups -OCH3 is 1. The van der Waals surface area contributed by atoms with Crippen LogP contribution in [-0.4, -0.2) is 30.7 Å². The van der Waals surface area contributed by atoms with Gasteiger partial charge in [0.2, 0.25) is 0 Å². The van der Waals surface area contributed by atoms with Crippen LogP contribution in [0.4, 0.5) is 4.79 Å². The summed E-state index contributed by atoms with van der Waals surface area (Å²) in [6, 6.07) is 5.38. The van der Waals surface area contributed by atoms with Gasteiger partial charge in [0.15, 0.2) is 0 Å². The molecule has 6 nitrogen and oxygen atoms in total. The van der Waals surface area contributed by atoms with Crippen LogP contribution in [-0.2, 0) is 6.42 Å². The van der Waals surface area contributed by atoms with E-state index in [2.05, 4.69) is 15.6 Å². The number of fused-ring (bicyclic) bond motifs is 1. The molecular weight excluding hydrogens is 318 g/mol. The summed E-state index contributed by atoms with van der Waals surface area (Å²) < 4.78 is 5.19. The Kier molecular flexibility index (Phi) is 4.43. The van der Waals surface area contributed by atoms with Gasteiger partial charge in [0.25, 0.3) is 5.56 Å². The molecule has 1 heterocycles. The Hall–Kier alpha value is -2.21. The summed E-state index contributed by atoms with van der Waals surface area (Å²) >= 11 is 6.06. The second-order valence-electron chi connectivity index (χ2n) is 5.62. The van der Waals surface area contributed by atoms with Gasteiger partial charge >= 0.3 is 6.03 Å². The molecule has 1 saturated carbocycles. The van der Waals surface area contributed by atoms with Crippen LogP contribution >= 0.6 is 11.6 Å². The van der Waals surface area contributed by atoms with E-state index in [0.717, 1.165) is 18.2 Å². The fourth-order valence-electron chi connectivity index (χ4n) is 2.37. The quantitative estimate of drug-likeness (QED) is 0.783. The summed E-state index contributed by atoms with van der Waals surface area (Å²) in [5.74, 6) is 0.555. The second kappa shape index (κ2) is 6.50. The first-order chi connectivity index (χ1) is 11.1. The summed E-state index contributed by atoms with van der Waals surface area (Å²) in [5, 5.41) is 6.88. The molecule has 2 amide bonds. The molecule has 0 spiro atoms. The van der Waals surface area contributed by atoms with E-state index in [1.807, 2.05) is 0 Å². The van der Waals surface area contributed by atoms with Crippen molar-refractivity contribution in [2.45, 2.75) is 25.3 Å². The average Bonchev–Trinajstić information content (AvgIpc) is 3.31. The fourth-order valence-corrected chi connectivity index (χ4v) is 2.61. The summed E-state index contributed by atoms with van der Waals surface area (Å²) in [5.41, 5.74) is 1.08. The van der Waals surface area contributed by atoms with Gasteiger partial charge in [0.1, 0.15) is 5.75 Å². The highest BCUT2D eigenvalue weighted by molar-refractivity contribution is 6.32. The van der Waals surface area contributed by atoms with E-state index in [1.54, 1.807) is 25.3 Å². The van der Waals surface area contributed by atoms with E-state index in [1.165, 1.54) is 0 Å². The molecule has 7 heteroatoms. The Morgan fingerprint density at radius 3 is 2.87 bits per heavy atom. The van der Waals surface area contributed by atoms with Gasteiger partial charge in [0.05, 0.1) is 17.6 Å². The zero-order chi connectivity index (χ0) is 16.4. The Labute approximate surface area is 138 Å². The molecule has 0 bridgehead atoms. The predicted molar refractivity (Wildman–Crippen MR) is 89.4 cm³/mol. The molecule has 1 aliphatic carbocycles. The molecule has 2 aromatic rings. The van der Waals surface area contributed by atoms with Crippen LogP contribution in [0.1, 0.15) is 18.4 Å². The number of urea groups is 1. The van der Waals surface area contributed by atoms with Gasteiger partial charge in [-0.1, -0.05) is 11.6 Å². The number of H-pyrrole nitrogens is 1. The van der Waals surface area contributed by atoms with Crippen molar-refractivity contribution in [3.63, 3.8) is 0 Å². The van der Waals surface area contributed by atoms with E-state index in [4.69, 9.17) is 16.3 Å². The molecule has 0 radical (unpaired) electrons. The van der Waals surface area contributed by atoms with Crippen molar-refractivity contribution < 1.29 is 9.53 Å². The Morgan fingerprint density at radius 1 is 1.39 bits per heavy atom. The minimum Gasteiger partial charge on any atom is -0.495 e. The van der Waals surface area contributed by atoms with Crippen molar-refractivity contribution >= 4 is 28.5 Å². The van der Waals surface area contributed by atoms with Gasteiger partial charge in [-0.25, -0.2) is 4.79 Å². The molecule has 0 unspecified atom stereocenters. The third kappa shape index (κ3) is 3.76. The van der Waals surface area contributed by atoms with Gasteiger partial charge in [-0.15, -0.1) is 0 Å². The molecule has 23 heavy (non-hydrogen) atoms. The van der Waals surface area contributed by atoms with Gasteiger partial charge in [-0.3, -0.25) is 4.79 Å². The van der Waals surface area contributed by atoms with Crippen LogP contribution in [0.5, 0.6) is 5.75 Å². The third-order valence-electron chi connectivity index (χ3n) is 3.79. The summed E-state index contributed by atoms with van der Waals surface area (Å²) in [4.78, 5) is 26.5. The number of hydrogen-bond acceptors (Lipinski definition) is 3. The van der Waals surface area contributed by atoms with Crippen LogP contribution in [0.2, 0.25) is 5.02 Å². The second-order valence-corrected chi connectivity index (χ2v) is 6.03. The van der Waals surface area contributed by atoms with Gasteiger partial charge in [0, 0.05) is 23.5 Å². The minimum absolute atomic E-state index is 0.178. The number of ether oxygens (including phenoxy) is 1. The highest BCUT2D eigenvalue weighted by atomic mass is 35.5. The van der Waals surface area contributed by atoms with Crippen molar-refractivity contribution in [3.8, 4) is 5.75 Å². The first-order valence-corrected chi connectivity index (χ1v) is 7.88. The first kappa shape index (κ1) is 15.7. The van der Waals surface area contributed by atoms with E-state index >= 15 is 0 Å². The van der Waals surface area contributed by atoms with E-state index < -0.39 is 0 Å². The molecule has 122 valence electrons. The fraction of sp³-hybridized carbons (Fsp3) is 0.375. The van der Waals surface area contributed by atoms with E-state index in [0.29, 0.717) is 40.9 Å². The lowest BCUT2D eigenvalue weighted by molar-refractivity contribution is 0.240. The highest BCUT2D eigenvalue weighted by Gasteiger charge is 2.22. The van der Waals surface area contributed by atoms with Crippen LogP contribution in [0.15, 0.2) is 23.0 Å². The van der Waals surface area contributed by atoms with Crippen molar-refractivity contribution in [2.24, 2.45) is 0 Å². The molecule has 3 N–H and O–H groups in total. The number of pyridine rings is 1. The average molecular weight is 336 g/mol. The molecule has 1 aromatic carbocycles. The normalized spacial score (nSPS) is 13.8. The highest BCUT2D eigenvalue weighted by Crippen LogP contribution is 2.28. The Bertz CT molecular complexity index is 799.